The lowest BCUT2D eigenvalue weighted by molar-refractivity contribution is 0.0519. The van der Waals surface area contributed by atoms with Crippen molar-refractivity contribution in [2.45, 2.75) is 6.92 Å². The van der Waals surface area contributed by atoms with Gasteiger partial charge in [-0.3, -0.25) is 4.98 Å². The van der Waals surface area contributed by atoms with Crippen LogP contribution in [0.15, 0.2) is 42.9 Å². The Bertz CT molecular complexity index is 752. The van der Waals surface area contributed by atoms with Crippen LogP contribution in [0.3, 0.4) is 0 Å². The van der Waals surface area contributed by atoms with E-state index in [1.165, 1.54) is 0 Å². The Morgan fingerprint density at radius 3 is 2.80 bits per heavy atom. The minimum Gasteiger partial charge on any atom is -0.461 e. The number of aromatic nitrogens is 4. The largest absolute Gasteiger partial charge is 0.461 e. The quantitative estimate of drug-likeness (QED) is 0.679. The predicted molar refractivity (Wildman–Crippen MR) is 72.2 cm³/mol. The first-order valence-corrected chi connectivity index (χ1v) is 6.22. The van der Waals surface area contributed by atoms with Crippen LogP contribution in [0.5, 0.6) is 0 Å². The molecule has 0 bridgehead atoms. The zero-order chi connectivity index (χ0) is 13.9. The number of carbonyl (C=O) groups is 1. The third kappa shape index (κ3) is 2.11. The van der Waals surface area contributed by atoms with Crippen LogP contribution in [0.25, 0.3) is 16.9 Å². The van der Waals surface area contributed by atoms with Crippen molar-refractivity contribution in [1.29, 1.82) is 0 Å². The Kier molecular flexibility index (Phi) is 3.12. The molecule has 0 atom stereocenters. The van der Waals surface area contributed by atoms with Crippen LogP contribution in [0.1, 0.15) is 17.4 Å². The SMILES string of the molecule is CCOC(=O)c1cc2nccc(-c3ccncc3)n2n1. The molecule has 3 aromatic rings. The first-order chi connectivity index (χ1) is 9.79. The molecule has 0 spiro atoms. The van der Waals surface area contributed by atoms with Gasteiger partial charge in [-0.15, -0.1) is 0 Å². The highest BCUT2D eigenvalue weighted by Crippen LogP contribution is 2.19. The van der Waals surface area contributed by atoms with Crippen LogP contribution >= 0.6 is 0 Å². The third-order valence-electron chi connectivity index (χ3n) is 2.82. The molecule has 0 aromatic carbocycles. The maximum absolute atomic E-state index is 11.7. The number of esters is 1. The van der Waals surface area contributed by atoms with E-state index in [1.807, 2.05) is 18.2 Å². The second-order valence-corrected chi connectivity index (χ2v) is 4.09. The van der Waals surface area contributed by atoms with E-state index < -0.39 is 5.97 Å². The zero-order valence-electron chi connectivity index (χ0n) is 10.9. The normalized spacial score (nSPS) is 10.7. The van der Waals surface area contributed by atoms with Gasteiger partial charge in [0.1, 0.15) is 0 Å². The van der Waals surface area contributed by atoms with E-state index in [0.29, 0.717) is 12.3 Å². The molecule has 3 aromatic heterocycles. The summed E-state index contributed by atoms with van der Waals surface area (Å²) in [5.41, 5.74) is 2.64. The van der Waals surface area contributed by atoms with Crippen molar-refractivity contribution < 1.29 is 9.53 Å². The predicted octanol–water partition coefficient (Wildman–Crippen LogP) is 1.97. The van der Waals surface area contributed by atoms with Crippen LogP contribution in [0, 0.1) is 0 Å². The first-order valence-electron chi connectivity index (χ1n) is 6.22. The maximum atomic E-state index is 11.7. The van der Waals surface area contributed by atoms with Crippen LogP contribution in [0.2, 0.25) is 0 Å². The van der Waals surface area contributed by atoms with Crippen molar-refractivity contribution >= 4 is 11.6 Å². The zero-order valence-corrected chi connectivity index (χ0v) is 10.9. The highest BCUT2D eigenvalue weighted by atomic mass is 16.5. The smallest absolute Gasteiger partial charge is 0.358 e. The van der Waals surface area contributed by atoms with E-state index in [4.69, 9.17) is 4.74 Å². The van der Waals surface area contributed by atoms with E-state index >= 15 is 0 Å². The topological polar surface area (TPSA) is 69.4 Å². The number of hydrogen-bond acceptors (Lipinski definition) is 5. The van der Waals surface area contributed by atoms with Gasteiger partial charge < -0.3 is 4.74 Å². The van der Waals surface area contributed by atoms with Crippen LogP contribution in [-0.4, -0.2) is 32.2 Å². The Morgan fingerprint density at radius 2 is 2.05 bits per heavy atom. The summed E-state index contributed by atoms with van der Waals surface area (Å²) in [7, 11) is 0. The van der Waals surface area contributed by atoms with E-state index in [2.05, 4.69) is 15.1 Å². The fourth-order valence-electron chi connectivity index (χ4n) is 1.94. The lowest BCUT2D eigenvalue weighted by Crippen LogP contribution is -2.05. The molecule has 0 N–H and O–H groups in total. The van der Waals surface area contributed by atoms with Gasteiger partial charge in [0.05, 0.1) is 12.3 Å². The van der Waals surface area contributed by atoms with Crippen molar-refractivity contribution in [1.82, 2.24) is 19.6 Å². The number of nitrogens with zero attached hydrogens (tertiary/aromatic N) is 4. The summed E-state index contributed by atoms with van der Waals surface area (Å²) in [6, 6.07) is 7.20. The van der Waals surface area contributed by atoms with Crippen LogP contribution < -0.4 is 0 Å². The summed E-state index contributed by atoms with van der Waals surface area (Å²) >= 11 is 0. The second kappa shape index (κ2) is 5.08. The Morgan fingerprint density at radius 1 is 1.25 bits per heavy atom. The fourth-order valence-corrected chi connectivity index (χ4v) is 1.94. The summed E-state index contributed by atoms with van der Waals surface area (Å²) in [4.78, 5) is 19.9. The number of fused-ring (bicyclic) bond motifs is 1. The average molecular weight is 268 g/mol. The highest BCUT2D eigenvalue weighted by Gasteiger charge is 2.14. The molecule has 0 aliphatic rings. The van der Waals surface area contributed by atoms with Crippen molar-refractivity contribution in [3.05, 3.63) is 48.5 Å². The van der Waals surface area contributed by atoms with Gasteiger partial charge in [-0.05, 0) is 25.1 Å². The number of carbonyl (C=O) groups excluding carboxylic acids is 1. The Balaban J connectivity index is 2.13. The van der Waals surface area contributed by atoms with Crippen molar-refractivity contribution in [2.24, 2.45) is 0 Å². The number of hydrogen-bond donors (Lipinski definition) is 0. The molecular formula is C14H12N4O2. The number of pyridine rings is 1. The molecule has 100 valence electrons. The monoisotopic (exact) mass is 268 g/mol. The van der Waals surface area contributed by atoms with Gasteiger partial charge in [0, 0.05) is 30.2 Å². The van der Waals surface area contributed by atoms with E-state index in [1.54, 1.807) is 36.1 Å². The molecule has 0 unspecified atom stereocenters. The molecule has 0 aliphatic heterocycles. The number of ether oxygens (including phenoxy) is 1. The van der Waals surface area contributed by atoms with Gasteiger partial charge in [0.2, 0.25) is 0 Å². The third-order valence-corrected chi connectivity index (χ3v) is 2.82. The molecule has 0 fully saturated rings. The lowest BCUT2D eigenvalue weighted by atomic mass is 10.2. The molecule has 3 rings (SSSR count). The van der Waals surface area contributed by atoms with Crippen LogP contribution in [-0.2, 0) is 4.74 Å². The second-order valence-electron chi connectivity index (χ2n) is 4.09. The van der Waals surface area contributed by atoms with Gasteiger partial charge in [0.15, 0.2) is 11.3 Å². The summed E-state index contributed by atoms with van der Waals surface area (Å²) in [6.45, 7) is 2.08. The van der Waals surface area contributed by atoms with Crippen LogP contribution in [0.4, 0.5) is 0 Å². The highest BCUT2D eigenvalue weighted by molar-refractivity contribution is 5.88. The van der Waals surface area contributed by atoms with Gasteiger partial charge in [-0.25, -0.2) is 14.3 Å². The molecule has 3 heterocycles. The molecule has 0 saturated heterocycles. The van der Waals surface area contributed by atoms with Crippen molar-refractivity contribution in [3.63, 3.8) is 0 Å². The van der Waals surface area contributed by atoms with Gasteiger partial charge in [0.25, 0.3) is 0 Å². The Hall–Kier alpha value is -2.76. The fraction of sp³-hybridized carbons (Fsp3) is 0.143. The summed E-state index contributed by atoms with van der Waals surface area (Å²) < 4.78 is 6.58. The van der Waals surface area contributed by atoms with E-state index in [-0.39, 0.29) is 5.69 Å². The van der Waals surface area contributed by atoms with Gasteiger partial charge in [-0.2, -0.15) is 5.10 Å². The standard InChI is InChI=1S/C14H12N4O2/c1-2-20-14(19)11-9-13-16-8-5-12(18(13)17-11)10-3-6-15-7-4-10/h3-9H,2H2,1H3. The molecule has 20 heavy (non-hydrogen) atoms. The molecule has 0 amide bonds. The van der Waals surface area contributed by atoms with Gasteiger partial charge in [-0.1, -0.05) is 0 Å². The minimum absolute atomic E-state index is 0.251. The number of rotatable bonds is 3. The van der Waals surface area contributed by atoms with E-state index in [0.717, 1.165) is 11.3 Å². The van der Waals surface area contributed by atoms with Crippen molar-refractivity contribution in [3.8, 4) is 11.3 Å². The Labute approximate surface area is 115 Å². The lowest BCUT2D eigenvalue weighted by Gasteiger charge is -2.03. The van der Waals surface area contributed by atoms with Crippen molar-refractivity contribution in [2.75, 3.05) is 6.61 Å². The molecular weight excluding hydrogens is 256 g/mol. The summed E-state index contributed by atoms with van der Waals surface area (Å²) in [6.07, 6.45) is 5.09. The average Bonchev–Trinajstić information content (AvgIpc) is 2.92. The molecule has 0 aliphatic carbocycles. The summed E-state index contributed by atoms with van der Waals surface area (Å²) in [5.74, 6) is -0.446. The maximum Gasteiger partial charge on any atom is 0.358 e. The first kappa shape index (κ1) is 12.3. The van der Waals surface area contributed by atoms with Gasteiger partial charge >= 0.3 is 5.97 Å². The molecule has 0 saturated carbocycles. The molecule has 6 heteroatoms. The molecule has 6 nitrogen and oxygen atoms in total. The minimum atomic E-state index is -0.446. The molecule has 0 radical (unpaired) electrons. The summed E-state index contributed by atoms with van der Waals surface area (Å²) in [5, 5.41) is 4.27. The van der Waals surface area contributed by atoms with E-state index in [9.17, 15) is 4.79 Å².